The standard InChI is InChI=1S/C14H15BrN2O2/c1-4-19-14(18)9-7-17-12-8(2)5-6-10(15)11(12)13(9)16-3/h5-7H,4H2,1-3H3,(H,16,17). The molecule has 1 heterocycles. The first-order valence-corrected chi connectivity index (χ1v) is 6.82. The zero-order chi connectivity index (χ0) is 14.0. The highest BCUT2D eigenvalue weighted by molar-refractivity contribution is 9.10. The molecule has 0 spiro atoms. The van der Waals surface area contributed by atoms with Gasteiger partial charge in [-0.2, -0.15) is 0 Å². The number of anilines is 1. The molecule has 19 heavy (non-hydrogen) atoms. The minimum atomic E-state index is -0.366. The Morgan fingerprint density at radius 2 is 2.21 bits per heavy atom. The average Bonchev–Trinajstić information content (AvgIpc) is 2.41. The third-order valence-electron chi connectivity index (χ3n) is 2.92. The fourth-order valence-corrected chi connectivity index (χ4v) is 2.54. The summed E-state index contributed by atoms with van der Waals surface area (Å²) in [6, 6.07) is 3.94. The van der Waals surface area contributed by atoms with E-state index in [2.05, 4.69) is 26.2 Å². The van der Waals surface area contributed by atoms with E-state index in [1.807, 2.05) is 19.1 Å². The molecule has 0 unspecified atom stereocenters. The van der Waals surface area contributed by atoms with Gasteiger partial charge < -0.3 is 10.1 Å². The van der Waals surface area contributed by atoms with Crippen molar-refractivity contribution in [3.05, 3.63) is 33.9 Å². The molecule has 0 atom stereocenters. The van der Waals surface area contributed by atoms with Crippen molar-refractivity contribution in [3.63, 3.8) is 0 Å². The highest BCUT2D eigenvalue weighted by Gasteiger charge is 2.18. The van der Waals surface area contributed by atoms with Crippen LogP contribution in [0, 0.1) is 6.92 Å². The molecule has 0 saturated heterocycles. The molecule has 2 aromatic rings. The van der Waals surface area contributed by atoms with Crippen LogP contribution in [-0.4, -0.2) is 24.6 Å². The number of carbonyl (C=O) groups excluding carboxylic acids is 1. The van der Waals surface area contributed by atoms with Crippen molar-refractivity contribution >= 4 is 38.5 Å². The summed E-state index contributed by atoms with van der Waals surface area (Å²) in [6.07, 6.45) is 1.56. The highest BCUT2D eigenvalue weighted by atomic mass is 79.9. The lowest BCUT2D eigenvalue weighted by atomic mass is 10.1. The van der Waals surface area contributed by atoms with Crippen LogP contribution in [0.1, 0.15) is 22.8 Å². The number of hydrogen-bond acceptors (Lipinski definition) is 4. The van der Waals surface area contributed by atoms with Crippen LogP contribution in [0.15, 0.2) is 22.8 Å². The summed E-state index contributed by atoms with van der Waals surface area (Å²) in [4.78, 5) is 16.3. The van der Waals surface area contributed by atoms with Gasteiger partial charge in [-0.3, -0.25) is 4.98 Å². The molecule has 1 aromatic heterocycles. The number of aryl methyl sites for hydroxylation is 1. The van der Waals surface area contributed by atoms with E-state index in [9.17, 15) is 4.79 Å². The van der Waals surface area contributed by atoms with Gasteiger partial charge in [0.15, 0.2) is 0 Å². The Balaban J connectivity index is 2.76. The molecule has 1 aromatic carbocycles. The number of rotatable bonds is 3. The number of halogens is 1. The largest absolute Gasteiger partial charge is 0.462 e. The molecule has 0 aliphatic rings. The number of hydrogen-bond donors (Lipinski definition) is 1. The number of fused-ring (bicyclic) bond motifs is 1. The first-order chi connectivity index (χ1) is 9.10. The SMILES string of the molecule is CCOC(=O)c1cnc2c(C)ccc(Br)c2c1NC. The maximum atomic E-state index is 11.9. The summed E-state index contributed by atoms with van der Waals surface area (Å²) in [6.45, 7) is 4.12. The number of nitrogens with zero attached hydrogens (tertiary/aromatic N) is 1. The Morgan fingerprint density at radius 1 is 1.47 bits per heavy atom. The number of benzene rings is 1. The van der Waals surface area contributed by atoms with Crippen molar-refractivity contribution in [3.8, 4) is 0 Å². The van der Waals surface area contributed by atoms with Gasteiger partial charge in [0, 0.05) is 23.1 Å². The van der Waals surface area contributed by atoms with Crippen LogP contribution in [-0.2, 0) is 4.74 Å². The summed E-state index contributed by atoms with van der Waals surface area (Å²) in [5, 5.41) is 3.97. The number of pyridine rings is 1. The highest BCUT2D eigenvalue weighted by Crippen LogP contribution is 2.33. The fourth-order valence-electron chi connectivity index (χ4n) is 2.03. The molecule has 0 bridgehead atoms. The lowest BCUT2D eigenvalue weighted by Crippen LogP contribution is -2.09. The molecule has 0 aliphatic carbocycles. The minimum absolute atomic E-state index is 0.342. The molecule has 2 rings (SSSR count). The Bertz CT molecular complexity index is 641. The number of nitrogens with one attached hydrogen (secondary N) is 1. The van der Waals surface area contributed by atoms with E-state index in [0.717, 1.165) is 26.6 Å². The first-order valence-electron chi connectivity index (χ1n) is 6.02. The Hall–Kier alpha value is -1.62. The summed E-state index contributed by atoms with van der Waals surface area (Å²) < 4.78 is 5.95. The molecule has 0 fully saturated rings. The average molecular weight is 323 g/mol. The van der Waals surface area contributed by atoms with Gasteiger partial charge >= 0.3 is 5.97 Å². The van der Waals surface area contributed by atoms with Crippen molar-refractivity contribution in [2.75, 3.05) is 19.0 Å². The maximum Gasteiger partial charge on any atom is 0.341 e. The Kier molecular flexibility index (Phi) is 4.04. The maximum absolute atomic E-state index is 11.9. The second-order valence-corrected chi connectivity index (χ2v) is 4.96. The molecule has 100 valence electrons. The molecule has 1 N–H and O–H groups in total. The quantitative estimate of drug-likeness (QED) is 0.878. The van der Waals surface area contributed by atoms with Gasteiger partial charge in [-0.1, -0.05) is 22.0 Å². The van der Waals surface area contributed by atoms with Crippen LogP contribution < -0.4 is 5.32 Å². The van der Waals surface area contributed by atoms with Crippen LogP contribution in [0.4, 0.5) is 5.69 Å². The van der Waals surface area contributed by atoms with E-state index in [1.54, 1.807) is 20.2 Å². The van der Waals surface area contributed by atoms with Crippen molar-refractivity contribution in [2.24, 2.45) is 0 Å². The summed E-state index contributed by atoms with van der Waals surface area (Å²) >= 11 is 3.51. The topological polar surface area (TPSA) is 51.2 Å². The second-order valence-electron chi connectivity index (χ2n) is 4.11. The second kappa shape index (κ2) is 5.57. The normalized spacial score (nSPS) is 10.5. The molecule has 0 radical (unpaired) electrons. The fraction of sp³-hybridized carbons (Fsp3) is 0.286. The molecule has 0 amide bonds. The van der Waals surface area contributed by atoms with Gasteiger partial charge in [-0.15, -0.1) is 0 Å². The van der Waals surface area contributed by atoms with Gasteiger partial charge in [0.05, 0.1) is 17.8 Å². The van der Waals surface area contributed by atoms with Crippen molar-refractivity contribution in [1.82, 2.24) is 4.98 Å². The van der Waals surface area contributed by atoms with Gasteiger partial charge in [0.25, 0.3) is 0 Å². The van der Waals surface area contributed by atoms with Crippen LogP contribution in [0.25, 0.3) is 10.9 Å². The zero-order valence-corrected chi connectivity index (χ0v) is 12.7. The summed E-state index contributed by atoms with van der Waals surface area (Å²) in [7, 11) is 1.78. The lowest BCUT2D eigenvalue weighted by Gasteiger charge is -2.13. The van der Waals surface area contributed by atoms with Crippen molar-refractivity contribution in [2.45, 2.75) is 13.8 Å². The number of esters is 1. The van der Waals surface area contributed by atoms with E-state index < -0.39 is 0 Å². The first kappa shape index (κ1) is 13.8. The number of carbonyl (C=O) groups is 1. The molecular formula is C14H15BrN2O2. The van der Waals surface area contributed by atoms with E-state index in [1.165, 1.54) is 0 Å². The monoisotopic (exact) mass is 322 g/mol. The van der Waals surface area contributed by atoms with E-state index in [-0.39, 0.29) is 5.97 Å². The predicted molar refractivity (Wildman–Crippen MR) is 79.7 cm³/mol. The predicted octanol–water partition coefficient (Wildman–Crippen LogP) is 3.52. The molecule has 0 aliphatic heterocycles. The summed E-state index contributed by atoms with van der Waals surface area (Å²) in [5.41, 5.74) is 3.11. The smallest absolute Gasteiger partial charge is 0.341 e. The Morgan fingerprint density at radius 3 is 2.84 bits per heavy atom. The van der Waals surface area contributed by atoms with Gasteiger partial charge in [-0.25, -0.2) is 4.79 Å². The van der Waals surface area contributed by atoms with Crippen LogP contribution in [0.2, 0.25) is 0 Å². The zero-order valence-electron chi connectivity index (χ0n) is 11.1. The molecule has 5 heteroatoms. The van der Waals surface area contributed by atoms with Crippen LogP contribution >= 0.6 is 15.9 Å². The van der Waals surface area contributed by atoms with Crippen molar-refractivity contribution < 1.29 is 9.53 Å². The molecule has 0 saturated carbocycles. The Labute approximate surface area is 120 Å². The molecule has 4 nitrogen and oxygen atoms in total. The van der Waals surface area contributed by atoms with Crippen LogP contribution in [0.3, 0.4) is 0 Å². The van der Waals surface area contributed by atoms with E-state index in [4.69, 9.17) is 4.74 Å². The van der Waals surface area contributed by atoms with E-state index >= 15 is 0 Å². The van der Waals surface area contributed by atoms with Crippen LogP contribution in [0.5, 0.6) is 0 Å². The number of aromatic nitrogens is 1. The minimum Gasteiger partial charge on any atom is -0.462 e. The van der Waals surface area contributed by atoms with Crippen molar-refractivity contribution in [1.29, 1.82) is 0 Å². The number of ether oxygens (including phenoxy) is 1. The van der Waals surface area contributed by atoms with Gasteiger partial charge in [0.2, 0.25) is 0 Å². The van der Waals surface area contributed by atoms with Gasteiger partial charge in [0.1, 0.15) is 5.56 Å². The lowest BCUT2D eigenvalue weighted by molar-refractivity contribution is 0.0527. The summed E-state index contributed by atoms with van der Waals surface area (Å²) in [5.74, 6) is -0.366. The third-order valence-corrected chi connectivity index (χ3v) is 3.58. The van der Waals surface area contributed by atoms with Gasteiger partial charge in [-0.05, 0) is 25.5 Å². The van der Waals surface area contributed by atoms with E-state index in [0.29, 0.717) is 12.2 Å². The third kappa shape index (κ3) is 2.42. The molecular weight excluding hydrogens is 308 g/mol.